The summed E-state index contributed by atoms with van der Waals surface area (Å²) in [5.74, 6) is 0.465. The average molecular weight is 564 g/mol. The van der Waals surface area contributed by atoms with E-state index in [2.05, 4.69) is 62.3 Å². The van der Waals surface area contributed by atoms with Gasteiger partial charge in [0.05, 0.1) is 17.1 Å². The number of fused-ring (bicyclic) bond motifs is 1. The van der Waals surface area contributed by atoms with E-state index in [0.29, 0.717) is 25.5 Å². The number of rotatable bonds is 5. The fraction of sp³-hybridized carbons (Fsp3) is 0.500. The number of hydrogen-bond acceptors (Lipinski definition) is 9. The fourth-order valence-corrected chi connectivity index (χ4v) is 6.95. The highest BCUT2D eigenvalue weighted by Crippen LogP contribution is 2.35. The summed E-state index contributed by atoms with van der Waals surface area (Å²) in [5.41, 5.74) is 11.1. The van der Waals surface area contributed by atoms with Crippen LogP contribution in [-0.2, 0) is 4.79 Å². The highest BCUT2D eigenvalue weighted by atomic mass is 32.1. The van der Waals surface area contributed by atoms with Crippen LogP contribution in [0.4, 0.5) is 17.2 Å². The van der Waals surface area contributed by atoms with Gasteiger partial charge in [-0.2, -0.15) is 5.10 Å². The van der Waals surface area contributed by atoms with Gasteiger partial charge < -0.3 is 30.7 Å². The molecule has 11 nitrogen and oxygen atoms in total. The molecule has 3 aliphatic rings. The van der Waals surface area contributed by atoms with Gasteiger partial charge in [-0.1, -0.05) is 6.08 Å². The number of aryl methyl sites for hydroxylation is 1. The Hall–Kier alpha value is -3.64. The number of hydrogen-bond donors (Lipinski definition) is 2. The fourth-order valence-electron chi connectivity index (χ4n) is 6.01. The zero-order valence-corrected chi connectivity index (χ0v) is 24.2. The maximum Gasteiger partial charge on any atom is 0.263 e. The molecule has 0 bridgehead atoms. The molecule has 2 amide bonds. The van der Waals surface area contributed by atoms with E-state index >= 15 is 0 Å². The largest absolute Gasteiger partial charge is 0.382 e. The number of nitrogens with one attached hydrogen (secondary N) is 1. The smallest absolute Gasteiger partial charge is 0.263 e. The van der Waals surface area contributed by atoms with Crippen molar-refractivity contribution in [1.82, 2.24) is 29.7 Å². The molecule has 40 heavy (non-hydrogen) atoms. The standard InChI is InChI=1S/C28H37N9O2S/c1-18-13-24(34-11-9-33(3)10-12-34)26(40-18)28(39)32-21-5-4-7-36(16-21)23-14-22(20-6-8-35(15-20)19(2)38)37-25(23)27(29)30-17-31-37/h6,13-14,17,21H,4-5,7-12,15-16H2,1-3H3,(H,32,39)(H2,29,30,31)/t21-/m1/s1. The number of nitrogens with zero attached hydrogens (tertiary/aromatic N) is 7. The molecule has 212 valence electrons. The number of carbonyl (C=O) groups is 2. The van der Waals surface area contributed by atoms with Crippen LogP contribution in [0.3, 0.4) is 0 Å². The van der Waals surface area contributed by atoms with Crippen molar-refractivity contribution in [2.45, 2.75) is 32.7 Å². The number of aromatic nitrogens is 3. The SMILES string of the molecule is CC(=O)N1CC=C(c2cc(N3CCC[C@@H](NC(=O)c4sc(C)cc4N4CCN(C)CC4)C3)c3c(N)ncnn23)C1. The van der Waals surface area contributed by atoms with E-state index < -0.39 is 0 Å². The number of likely N-dealkylation sites (N-methyl/N-ethyl adjacent to an activating group) is 1. The molecule has 2 saturated heterocycles. The maximum atomic E-state index is 13.6. The van der Waals surface area contributed by atoms with E-state index in [0.717, 1.165) is 83.5 Å². The van der Waals surface area contributed by atoms with Crippen LogP contribution in [0, 0.1) is 6.92 Å². The molecule has 1 atom stereocenters. The Morgan fingerprint density at radius 1 is 1.10 bits per heavy atom. The number of carbonyl (C=O) groups excluding carboxylic acids is 2. The predicted octanol–water partition coefficient (Wildman–Crippen LogP) is 2.08. The molecular formula is C28H37N9O2S. The molecule has 0 aliphatic carbocycles. The second-order valence-electron chi connectivity index (χ2n) is 11.1. The third-order valence-electron chi connectivity index (χ3n) is 8.24. The Morgan fingerprint density at radius 3 is 2.65 bits per heavy atom. The first-order valence-electron chi connectivity index (χ1n) is 14.0. The van der Waals surface area contributed by atoms with E-state index in [1.165, 1.54) is 6.33 Å². The molecule has 0 unspecified atom stereocenters. The summed E-state index contributed by atoms with van der Waals surface area (Å²) in [7, 11) is 2.14. The number of piperidine rings is 1. The van der Waals surface area contributed by atoms with E-state index in [1.54, 1.807) is 23.2 Å². The highest BCUT2D eigenvalue weighted by molar-refractivity contribution is 7.14. The monoisotopic (exact) mass is 563 g/mol. The topological polar surface area (TPSA) is 115 Å². The third kappa shape index (κ3) is 5.01. The Balaban J connectivity index is 1.22. The first-order chi connectivity index (χ1) is 19.3. The van der Waals surface area contributed by atoms with Crippen molar-refractivity contribution in [3.05, 3.63) is 40.0 Å². The van der Waals surface area contributed by atoms with Crippen molar-refractivity contribution in [2.75, 3.05) is 74.9 Å². The van der Waals surface area contributed by atoms with Gasteiger partial charge in [-0.15, -0.1) is 11.3 Å². The minimum Gasteiger partial charge on any atom is -0.382 e. The predicted molar refractivity (Wildman–Crippen MR) is 159 cm³/mol. The first kappa shape index (κ1) is 26.6. The molecule has 0 radical (unpaired) electrons. The Kier molecular flexibility index (Phi) is 7.13. The molecule has 0 saturated carbocycles. The summed E-state index contributed by atoms with van der Waals surface area (Å²) in [5, 5.41) is 7.87. The van der Waals surface area contributed by atoms with Gasteiger partial charge in [0.2, 0.25) is 5.91 Å². The van der Waals surface area contributed by atoms with Crippen molar-refractivity contribution in [3.63, 3.8) is 0 Å². The summed E-state index contributed by atoms with van der Waals surface area (Å²) in [6.07, 6.45) is 5.40. The molecule has 0 aromatic carbocycles. The zero-order valence-electron chi connectivity index (χ0n) is 23.4. The van der Waals surface area contributed by atoms with Crippen molar-refractivity contribution < 1.29 is 9.59 Å². The van der Waals surface area contributed by atoms with Gasteiger partial charge in [-0.25, -0.2) is 9.50 Å². The molecule has 3 N–H and O–H groups in total. The summed E-state index contributed by atoms with van der Waals surface area (Å²) in [6.45, 7) is 10.2. The van der Waals surface area contributed by atoms with E-state index in [4.69, 9.17) is 5.73 Å². The summed E-state index contributed by atoms with van der Waals surface area (Å²) >= 11 is 1.57. The summed E-state index contributed by atoms with van der Waals surface area (Å²) in [4.78, 5) is 40.5. The van der Waals surface area contributed by atoms with Crippen molar-refractivity contribution in [2.24, 2.45) is 0 Å². The molecule has 6 heterocycles. The lowest BCUT2D eigenvalue weighted by Gasteiger charge is -2.35. The van der Waals surface area contributed by atoms with Gasteiger partial charge in [0.1, 0.15) is 16.7 Å². The van der Waals surface area contributed by atoms with Crippen LogP contribution >= 0.6 is 11.3 Å². The minimum absolute atomic E-state index is 0.00425. The highest BCUT2D eigenvalue weighted by Gasteiger charge is 2.30. The van der Waals surface area contributed by atoms with Gasteiger partial charge >= 0.3 is 0 Å². The molecule has 0 spiro atoms. The molecule has 12 heteroatoms. The van der Waals surface area contributed by atoms with Crippen molar-refractivity contribution >= 4 is 51.4 Å². The summed E-state index contributed by atoms with van der Waals surface area (Å²) in [6, 6.07) is 4.27. The maximum absolute atomic E-state index is 13.6. The van der Waals surface area contributed by atoms with E-state index in [9.17, 15) is 9.59 Å². The summed E-state index contributed by atoms with van der Waals surface area (Å²) < 4.78 is 1.84. The lowest BCUT2D eigenvalue weighted by Crippen LogP contribution is -2.48. The molecule has 3 aromatic heterocycles. The average Bonchev–Trinajstić information content (AvgIpc) is 3.67. The third-order valence-corrected chi connectivity index (χ3v) is 9.28. The normalized spacial score (nSPS) is 20.3. The van der Waals surface area contributed by atoms with Gasteiger partial charge in [-0.05, 0) is 44.5 Å². The van der Waals surface area contributed by atoms with Gasteiger partial charge in [0.15, 0.2) is 5.82 Å². The zero-order chi connectivity index (χ0) is 28.0. The van der Waals surface area contributed by atoms with Gasteiger partial charge in [-0.3, -0.25) is 9.59 Å². The van der Waals surface area contributed by atoms with Crippen LogP contribution in [0.5, 0.6) is 0 Å². The second kappa shape index (κ2) is 10.7. The molecule has 3 aromatic rings. The Labute approximate surface area is 238 Å². The van der Waals surface area contributed by atoms with Crippen LogP contribution in [-0.4, -0.2) is 102 Å². The van der Waals surface area contributed by atoms with E-state index in [-0.39, 0.29) is 17.9 Å². The minimum atomic E-state index is 0.00425. The number of nitrogens with two attached hydrogens (primary N) is 1. The number of thiophene rings is 1. The number of piperazine rings is 1. The van der Waals surface area contributed by atoms with Crippen molar-refractivity contribution in [3.8, 4) is 0 Å². The second-order valence-corrected chi connectivity index (χ2v) is 12.3. The van der Waals surface area contributed by atoms with E-state index in [1.807, 2.05) is 4.52 Å². The quantitative estimate of drug-likeness (QED) is 0.485. The first-order valence-corrected chi connectivity index (χ1v) is 14.8. The lowest BCUT2D eigenvalue weighted by atomic mass is 10.0. The van der Waals surface area contributed by atoms with Crippen molar-refractivity contribution in [1.29, 1.82) is 0 Å². The Bertz CT molecular complexity index is 1470. The lowest BCUT2D eigenvalue weighted by molar-refractivity contribution is -0.127. The molecule has 2 fully saturated rings. The van der Waals surface area contributed by atoms with Gasteiger partial charge in [0, 0.05) is 70.2 Å². The molecule has 3 aliphatic heterocycles. The number of nitrogen functional groups attached to an aromatic ring is 1. The number of anilines is 3. The Morgan fingerprint density at radius 2 is 1.90 bits per heavy atom. The van der Waals surface area contributed by atoms with Crippen LogP contribution in [0.15, 0.2) is 24.5 Å². The van der Waals surface area contributed by atoms with Crippen LogP contribution in [0.1, 0.15) is 40.0 Å². The molecule has 6 rings (SSSR count). The number of amides is 2. The van der Waals surface area contributed by atoms with Crippen LogP contribution in [0.2, 0.25) is 0 Å². The molecular weight excluding hydrogens is 526 g/mol. The van der Waals surface area contributed by atoms with Gasteiger partial charge in [0.25, 0.3) is 5.91 Å². The van der Waals surface area contributed by atoms with Crippen LogP contribution in [0.25, 0.3) is 11.1 Å². The van der Waals surface area contributed by atoms with Crippen LogP contribution < -0.4 is 20.9 Å².